The lowest BCUT2D eigenvalue weighted by molar-refractivity contribution is 0.0698. The van der Waals surface area contributed by atoms with E-state index in [0.29, 0.717) is 11.4 Å². The zero-order valence-corrected chi connectivity index (χ0v) is 12.2. The fraction of sp³-hybridized carbons (Fsp3) is 0.286. The third-order valence-electron chi connectivity index (χ3n) is 2.98. The number of aromatic carboxylic acids is 1. The lowest BCUT2D eigenvalue weighted by Gasteiger charge is -2.16. The molecule has 2 rings (SSSR count). The van der Waals surface area contributed by atoms with Gasteiger partial charge in [-0.15, -0.1) is 11.3 Å². The Labute approximate surface area is 121 Å². The van der Waals surface area contributed by atoms with Gasteiger partial charge in [0.25, 0.3) is 0 Å². The summed E-state index contributed by atoms with van der Waals surface area (Å²) >= 11 is 1.62. The van der Waals surface area contributed by atoms with Crippen molar-refractivity contribution in [3.63, 3.8) is 0 Å². The van der Waals surface area contributed by atoms with Crippen LogP contribution in [0, 0.1) is 0 Å². The van der Waals surface area contributed by atoms with Crippen LogP contribution in [0.5, 0.6) is 0 Å². The Balaban J connectivity index is 2.27. The molecule has 0 saturated carbocycles. The Kier molecular flexibility index (Phi) is 4.24. The number of para-hydroxylation sites is 1. The van der Waals surface area contributed by atoms with Crippen molar-refractivity contribution in [2.24, 2.45) is 0 Å². The molecule has 20 heavy (non-hydrogen) atoms. The van der Waals surface area contributed by atoms with E-state index in [9.17, 15) is 9.90 Å². The molecule has 106 valence electrons. The number of aryl methyl sites for hydroxylation is 1. The van der Waals surface area contributed by atoms with Gasteiger partial charge in [-0.05, 0) is 25.5 Å². The van der Waals surface area contributed by atoms with Crippen molar-refractivity contribution in [2.45, 2.75) is 26.3 Å². The van der Waals surface area contributed by atoms with E-state index in [4.69, 9.17) is 5.73 Å². The van der Waals surface area contributed by atoms with Crippen LogP contribution < -0.4 is 11.1 Å². The number of hydrogen-bond donors (Lipinski definition) is 3. The maximum Gasteiger partial charge on any atom is 0.337 e. The van der Waals surface area contributed by atoms with Gasteiger partial charge >= 0.3 is 5.97 Å². The molecular weight excluding hydrogens is 274 g/mol. The first-order valence-electron chi connectivity index (χ1n) is 6.35. The summed E-state index contributed by atoms with van der Waals surface area (Å²) in [5, 5.41) is 13.3. The minimum absolute atomic E-state index is 0.0944. The Hall–Kier alpha value is -2.08. The molecule has 1 unspecified atom stereocenters. The number of nitrogens with zero attached hydrogens (tertiary/aromatic N) is 1. The van der Waals surface area contributed by atoms with Crippen molar-refractivity contribution in [1.29, 1.82) is 0 Å². The average Bonchev–Trinajstić information content (AvgIpc) is 2.89. The number of nitrogens with one attached hydrogen (secondary N) is 1. The third-order valence-corrected chi connectivity index (χ3v) is 4.30. The summed E-state index contributed by atoms with van der Waals surface area (Å²) in [6.07, 6.45) is 2.79. The Morgan fingerprint density at radius 2 is 2.30 bits per heavy atom. The summed E-state index contributed by atoms with van der Waals surface area (Å²) in [6.45, 7) is 4.02. The minimum atomic E-state index is -1.000. The number of carboxylic acids is 1. The van der Waals surface area contributed by atoms with Gasteiger partial charge in [0.2, 0.25) is 0 Å². The van der Waals surface area contributed by atoms with Crippen molar-refractivity contribution >= 4 is 28.7 Å². The van der Waals surface area contributed by atoms with Crippen molar-refractivity contribution in [3.05, 3.63) is 39.8 Å². The van der Waals surface area contributed by atoms with E-state index >= 15 is 0 Å². The molecule has 0 spiro atoms. The van der Waals surface area contributed by atoms with Crippen LogP contribution in [0.3, 0.4) is 0 Å². The summed E-state index contributed by atoms with van der Waals surface area (Å²) in [5.74, 6) is -1.000. The molecule has 2 aromatic rings. The number of nitrogen functional groups attached to an aromatic ring is 1. The van der Waals surface area contributed by atoms with Gasteiger partial charge in [-0.25, -0.2) is 9.78 Å². The van der Waals surface area contributed by atoms with Crippen molar-refractivity contribution in [2.75, 3.05) is 11.1 Å². The van der Waals surface area contributed by atoms with E-state index in [1.54, 1.807) is 23.5 Å². The number of rotatable bonds is 5. The van der Waals surface area contributed by atoms with E-state index in [1.807, 2.05) is 13.1 Å². The molecule has 5 nitrogen and oxygen atoms in total. The van der Waals surface area contributed by atoms with E-state index in [-0.39, 0.29) is 11.6 Å². The van der Waals surface area contributed by atoms with E-state index in [0.717, 1.165) is 11.4 Å². The molecule has 6 heteroatoms. The van der Waals surface area contributed by atoms with Crippen LogP contribution in [0.15, 0.2) is 24.4 Å². The third kappa shape index (κ3) is 2.91. The second-order valence-electron chi connectivity index (χ2n) is 4.46. The molecule has 1 aromatic heterocycles. The second kappa shape index (κ2) is 5.92. The zero-order chi connectivity index (χ0) is 14.7. The van der Waals surface area contributed by atoms with Crippen LogP contribution >= 0.6 is 11.3 Å². The number of carboxylic acid groups (broad SMARTS) is 1. The molecule has 1 heterocycles. The number of anilines is 2. The Morgan fingerprint density at radius 1 is 1.55 bits per heavy atom. The lowest BCUT2D eigenvalue weighted by Crippen LogP contribution is -2.12. The number of nitrogens with two attached hydrogens (primary N) is 1. The normalized spacial score (nSPS) is 12.1. The van der Waals surface area contributed by atoms with E-state index in [2.05, 4.69) is 17.2 Å². The molecular formula is C14H17N3O2S. The molecule has 0 aliphatic carbocycles. The molecule has 0 bridgehead atoms. The molecule has 0 radical (unpaired) electrons. The van der Waals surface area contributed by atoms with Crippen LogP contribution in [0.4, 0.5) is 11.4 Å². The molecule has 1 aromatic carbocycles. The molecule has 0 aliphatic heterocycles. The van der Waals surface area contributed by atoms with Gasteiger partial charge in [-0.2, -0.15) is 0 Å². The molecule has 0 amide bonds. The van der Waals surface area contributed by atoms with Gasteiger partial charge in [0.15, 0.2) is 0 Å². The second-order valence-corrected chi connectivity index (χ2v) is 5.61. The van der Waals surface area contributed by atoms with Crippen LogP contribution in [0.2, 0.25) is 0 Å². The van der Waals surface area contributed by atoms with E-state index < -0.39 is 5.97 Å². The lowest BCUT2D eigenvalue weighted by atomic mass is 10.1. The largest absolute Gasteiger partial charge is 0.478 e. The predicted molar refractivity (Wildman–Crippen MR) is 81.3 cm³/mol. The van der Waals surface area contributed by atoms with Crippen LogP contribution in [0.1, 0.15) is 40.1 Å². The number of benzene rings is 1. The summed E-state index contributed by atoms with van der Waals surface area (Å²) in [7, 11) is 0. The van der Waals surface area contributed by atoms with Gasteiger partial charge < -0.3 is 16.2 Å². The maximum absolute atomic E-state index is 11.2. The summed E-state index contributed by atoms with van der Waals surface area (Å²) in [4.78, 5) is 16.8. The van der Waals surface area contributed by atoms with Crippen molar-refractivity contribution in [3.8, 4) is 0 Å². The zero-order valence-electron chi connectivity index (χ0n) is 11.4. The monoisotopic (exact) mass is 291 g/mol. The number of thiazole rings is 1. The quantitative estimate of drug-likeness (QED) is 0.736. The molecule has 0 fully saturated rings. The van der Waals surface area contributed by atoms with Crippen LogP contribution in [0.25, 0.3) is 0 Å². The molecule has 4 N–H and O–H groups in total. The fourth-order valence-electron chi connectivity index (χ4n) is 1.87. The first-order chi connectivity index (χ1) is 9.52. The molecule has 0 saturated heterocycles. The number of hydrogen-bond acceptors (Lipinski definition) is 5. The molecule has 0 aliphatic rings. The highest BCUT2D eigenvalue weighted by molar-refractivity contribution is 7.11. The first-order valence-corrected chi connectivity index (χ1v) is 7.17. The van der Waals surface area contributed by atoms with Gasteiger partial charge in [0.1, 0.15) is 5.01 Å². The van der Waals surface area contributed by atoms with Gasteiger partial charge in [0, 0.05) is 11.1 Å². The highest BCUT2D eigenvalue weighted by Gasteiger charge is 2.17. The van der Waals surface area contributed by atoms with Crippen LogP contribution in [-0.2, 0) is 6.42 Å². The smallest absolute Gasteiger partial charge is 0.337 e. The minimum Gasteiger partial charge on any atom is -0.478 e. The first kappa shape index (κ1) is 14.3. The SMILES string of the molecule is CCc1cnc(C(C)Nc2c(N)cccc2C(=O)O)s1. The maximum atomic E-state index is 11.2. The summed E-state index contributed by atoms with van der Waals surface area (Å²) in [6, 6.07) is 4.75. The standard InChI is InChI=1S/C14H17N3O2S/c1-3-9-7-16-13(20-9)8(2)17-12-10(14(18)19)5-4-6-11(12)15/h4-8,17H,3,15H2,1-2H3,(H,18,19). The van der Waals surface area contributed by atoms with Crippen LogP contribution in [-0.4, -0.2) is 16.1 Å². The predicted octanol–water partition coefficient (Wildman–Crippen LogP) is 3.16. The van der Waals surface area contributed by atoms with Crippen molar-refractivity contribution in [1.82, 2.24) is 4.98 Å². The highest BCUT2D eigenvalue weighted by Crippen LogP contribution is 2.29. The number of aromatic nitrogens is 1. The average molecular weight is 291 g/mol. The fourth-order valence-corrected chi connectivity index (χ4v) is 2.73. The molecule has 1 atom stereocenters. The van der Waals surface area contributed by atoms with Gasteiger partial charge in [0.05, 0.1) is 23.0 Å². The summed E-state index contributed by atoms with van der Waals surface area (Å²) < 4.78 is 0. The topological polar surface area (TPSA) is 88.2 Å². The van der Waals surface area contributed by atoms with Gasteiger partial charge in [-0.3, -0.25) is 0 Å². The van der Waals surface area contributed by atoms with Crippen molar-refractivity contribution < 1.29 is 9.90 Å². The number of carbonyl (C=O) groups is 1. The Bertz CT molecular complexity index is 625. The summed E-state index contributed by atoms with van der Waals surface area (Å²) in [5.41, 5.74) is 6.91. The van der Waals surface area contributed by atoms with Gasteiger partial charge in [-0.1, -0.05) is 13.0 Å². The van der Waals surface area contributed by atoms with E-state index in [1.165, 1.54) is 10.9 Å². The Morgan fingerprint density at radius 3 is 2.90 bits per heavy atom. The highest BCUT2D eigenvalue weighted by atomic mass is 32.1.